The van der Waals surface area contributed by atoms with Crippen LogP contribution in [0.1, 0.15) is 19.8 Å². The molecule has 0 radical (unpaired) electrons. The number of halogens is 1. The third-order valence-corrected chi connectivity index (χ3v) is 2.99. The summed E-state index contributed by atoms with van der Waals surface area (Å²) in [5.41, 5.74) is 1.13. The molecule has 0 atom stereocenters. The van der Waals surface area contributed by atoms with Gasteiger partial charge in [0.1, 0.15) is 5.78 Å². The third kappa shape index (κ3) is 2.27. The van der Waals surface area contributed by atoms with Crippen molar-refractivity contribution in [1.82, 2.24) is 4.57 Å². The van der Waals surface area contributed by atoms with Crippen LogP contribution in [0.4, 0.5) is 0 Å². The van der Waals surface area contributed by atoms with Gasteiger partial charge in [-0.3, -0.25) is 4.79 Å². The van der Waals surface area contributed by atoms with Gasteiger partial charge in [0.15, 0.2) is 0 Å². The van der Waals surface area contributed by atoms with Gasteiger partial charge in [-0.15, -0.1) is 0 Å². The molecule has 0 saturated carbocycles. The van der Waals surface area contributed by atoms with Crippen LogP contribution in [0.5, 0.6) is 0 Å². The Hall–Kier alpha value is -1.28. The van der Waals surface area contributed by atoms with Crippen LogP contribution >= 0.6 is 11.6 Å². The standard InChI is InChI=1S/C13H14ClNO/c1-2-12(16)6-8-15-7-5-10-9-11(14)3-4-13(10)15/h3-5,7,9H,2,6,8H2,1H3. The summed E-state index contributed by atoms with van der Waals surface area (Å²) in [5, 5.41) is 1.87. The van der Waals surface area contributed by atoms with E-state index in [0.717, 1.165) is 22.5 Å². The number of fused-ring (bicyclic) bond motifs is 1. The molecule has 3 heteroatoms. The third-order valence-electron chi connectivity index (χ3n) is 2.76. The van der Waals surface area contributed by atoms with E-state index in [-0.39, 0.29) is 0 Å². The van der Waals surface area contributed by atoms with E-state index in [0.29, 0.717) is 18.6 Å². The molecule has 0 spiro atoms. The molecule has 84 valence electrons. The fraction of sp³-hybridized carbons (Fsp3) is 0.308. The molecule has 2 rings (SSSR count). The normalized spacial score (nSPS) is 10.9. The number of rotatable bonds is 4. The van der Waals surface area contributed by atoms with E-state index >= 15 is 0 Å². The highest BCUT2D eigenvalue weighted by Crippen LogP contribution is 2.20. The maximum Gasteiger partial charge on any atom is 0.134 e. The average Bonchev–Trinajstić information content (AvgIpc) is 2.68. The van der Waals surface area contributed by atoms with Crippen molar-refractivity contribution < 1.29 is 4.79 Å². The number of benzene rings is 1. The average molecular weight is 236 g/mol. The smallest absolute Gasteiger partial charge is 0.134 e. The number of hydrogen-bond donors (Lipinski definition) is 0. The number of Topliss-reactive ketones (excluding diaryl/α,β-unsaturated/α-hetero) is 1. The Balaban J connectivity index is 2.22. The van der Waals surface area contributed by atoms with E-state index in [4.69, 9.17) is 11.6 Å². The first-order chi connectivity index (χ1) is 7.70. The van der Waals surface area contributed by atoms with Gasteiger partial charge in [0.25, 0.3) is 0 Å². The van der Waals surface area contributed by atoms with Gasteiger partial charge in [-0.2, -0.15) is 0 Å². The summed E-state index contributed by atoms with van der Waals surface area (Å²) in [5.74, 6) is 0.302. The van der Waals surface area contributed by atoms with Crippen molar-refractivity contribution in [3.8, 4) is 0 Å². The van der Waals surface area contributed by atoms with Crippen LogP contribution in [0, 0.1) is 0 Å². The molecule has 1 aromatic carbocycles. The van der Waals surface area contributed by atoms with Crippen molar-refractivity contribution in [3.05, 3.63) is 35.5 Å². The van der Waals surface area contributed by atoms with Crippen LogP contribution in [0.2, 0.25) is 5.02 Å². The topological polar surface area (TPSA) is 22.0 Å². The molecule has 0 saturated heterocycles. The van der Waals surface area contributed by atoms with Gasteiger partial charge in [-0.25, -0.2) is 0 Å². The second-order valence-corrected chi connectivity index (χ2v) is 4.29. The van der Waals surface area contributed by atoms with Gasteiger partial charge in [0.2, 0.25) is 0 Å². The van der Waals surface area contributed by atoms with E-state index in [1.165, 1.54) is 0 Å². The number of nitrogens with zero attached hydrogens (tertiary/aromatic N) is 1. The van der Waals surface area contributed by atoms with Crippen molar-refractivity contribution in [1.29, 1.82) is 0 Å². The minimum atomic E-state index is 0.302. The van der Waals surface area contributed by atoms with Crippen molar-refractivity contribution in [3.63, 3.8) is 0 Å². The maximum atomic E-state index is 11.3. The van der Waals surface area contributed by atoms with Crippen molar-refractivity contribution >= 4 is 28.3 Å². The Kier molecular flexibility index (Phi) is 3.30. The lowest BCUT2D eigenvalue weighted by atomic mass is 10.2. The molecular weight excluding hydrogens is 222 g/mol. The van der Waals surface area contributed by atoms with Crippen LogP contribution in [-0.4, -0.2) is 10.4 Å². The highest BCUT2D eigenvalue weighted by atomic mass is 35.5. The summed E-state index contributed by atoms with van der Waals surface area (Å²) in [6, 6.07) is 7.84. The zero-order valence-electron chi connectivity index (χ0n) is 9.24. The van der Waals surface area contributed by atoms with Crippen LogP contribution < -0.4 is 0 Å². The SMILES string of the molecule is CCC(=O)CCn1ccc2cc(Cl)ccc21. The molecule has 2 aromatic rings. The summed E-state index contributed by atoms with van der Waals surface area (Å²) >= 11 is 5.91. The Morgan fingerprint density at radius 2 is 2.19 bits per heavy atom. The Morgan fingerprint density at radius 1 is 1.38 bits per heavy atom. The number of aromatic nitrogens is 1. The molecule has 1 heterocycles. The second kappa shape index (κ2) is 4.71. The monoisotopic (exact) mass is 235 g/mol. The fourth-order valence-electron chi connectivity index (χ4n) is 1.79. The van der Waals surface area contributed by atoms with Gasteiger partial charge in [0.05, 0.1) is 0 Å². The van der Waals surface area contributed by atoms with Gasteiger partial charge in [-0.1, -0.05) is 18.5 Å². The first-order valence-electron chi connectivity index (χ1n) is 5.47. The molecule has 0 aliphatic heterocycles. The van der Waals surface area contributed by atoms with E-state index < -0.39 is 0 Å². The fourth-order valence-corrected chi connectivity index (χ4v) is 1.97. The van der Waals surface area contributed by atoms with Crippen LogP contribution in [0.3, 0.4) is 0 Å². The van der Waals surface area contributed by atoms with Gasteiger partial charge in [-0.05, 0) is 24.3 Å². The van der Waals surface area contributed by atoms with Crippen molar-refractivity contribution in [2.45, 2.75) is 26.3 Å². The zero-order valence-corrected chi connectivity index (χ0v) is 10.00. The van der Waals surface area contributed by atoms with E-state index in [9.17, 15) is 4.79 Å². The Bertz CT molecular complexity index is 516. The summed E-state index contributed by atoms with van der Waals surface area (Å²) in [6.45, 7) is 2.65. The van der Waals surface area contributed by atoms with Crippen LogP contribution in [0.15, 0.2) is 30.5 Å². The lowest BCUT2D eigenvalue weighted by Gasteiger charge is -2.04. The minimum absolute atomic E-state index is 0.302. The molecule has 0 amide bonds. The summed E-state index contributed by atoms with van der Waals surface area (Å²) in [7, 11) is 0. The molecule has 2 nitrogen and oxygen atoms in total. The quantitative estimate of drug-likeness (QED) is 0.793. The van der Waals surface area contributed by atoms with Crippen LogP contribution in [-0.2, 0) is 11.3 Å². The van der Waals surface area contributed by atoms with E-state index in [1.807, 2.05) is 37.4 Å². The predicted molar refractivity (Wildman–Crippen MR) is 66.9 cm³/mol. The number of carbonyl (C=O) groups is 1. The Morgan fingerprint density at radius 3 is 2.94 bits per heavy atom. The summed E-state index contributed by atoms with van der Waals surface area (Å²) in [6.07, 6.45) is 3.22. The van der Waals surface area contributed by atoms with E-state index in [1.54, 1.807) is 0 Å². The van der Waals surface area contributed by atoms with Gasteiger partial charge >= 0.3 is 0 Å². The number of carbonyl (C=O) groups excluding carboxylic acids is 1. The largest absolute Gasteiger partial charge is 0.347 e. The number of ketones is 1. The molecule has 16 heavy (non-hydrogen) atoms. The molecule has 0 aliphatic rings. The molecule has 1 aromatic heterocycles. The number of aryl methyl sites for hydroxylation is 1. The summed E-state index contributed by atoms with van der Waals surface area (Å²) < 4.78 is 2.10. The van der Waals surface area contributed by atoms with Crippen molar-refractivity contribution in [2.75, 3.05) is 0 Å². The lowest BCUT2D eigenvalue weighted by molar-refractivity contribution is -0.118. The van der Waals surface area contributed by atoms with Crippen molar-refractivity contribution in [2.24, 2.45) is 0 Å². The molecule has 0 fully saturated rings. The highest BCUT2D eigenvalue weighted by Gasteiger charge is 2.03. The Labute approximate surface area is 99.8 Å². The van der Waals surface area contributed by atoms with Gasteiger partial charge < -0.3 is 4.57 Å². The number of hydrogen-bond acceptors (Lipinski definition) is 1. The second-order valence-electron chi connectivity index (χ2n) is 3.85. The molecule has 0 N–H and O–H groups in total. The lowest BCUT2D eigenvalue weighted by Crippen LogP contribution is -2.03. The highest BCUT2D eigenvalue weighted by molar-refractivity contribution is 6.31. The molecular formula is C13H14ClNO. The zero-order chi connectivity index (χ0) is 11.5. The molecule has 0 aliphatic carbocycles. The minimum Gasteiger partial charge on any atom is -0.347 e. The molecule has 0 bridgehead atoms. The maximum absolute atomic E-state index is 11.3. The van der Waals surface area contributed by atoms with Crippen LogP contribution in [0.25, 0.3) is 10.9 Å². The summed E-state index contributed by atoms with van der Waals surface area (Å²) in [4.78, 5) is 11.3. The van der Waals surface area contributed by atoms with E-state index in [2.05, 4.69) is 4.57 Å². The molecule has 0 unspecified atom stereocenters. The predicted octanol–water partition coefficient (Wildman–Crippen LogP) is 3.66. The van der Waals surface area contributed by atoms with Gasteiger partial charge in [0, 0.05) is 41.5 Å². The first kappa shape index (κ1) is 11.2. The first-order valence-corrected chi connectivity index (χ1v) is 5.84.